The minimum atomic E-state index is 0.318. The van der Waals surface area contributed by atoms with Gasteiger partial charge >= 0.3 is 0 Å². The first-order chi connectivity index (χ1) is 9.17. The van der Waals surface area contributed by atoms with Crippen molar-refractivity contribution < 1.29 is 0 Å². The van der Waals surface area contributed by atoms with Gasteiger partial charge in [0.1, 0.15) is 11.6 Å². The van der Waals surface area contributed by atoms with E-state index in [2.05, 4.69) is 27.5 Å². The van der Waals surface area contributed by atoms with Crippen LogP contribution in [-0.2, 0) is 0 Å². The van der Waals surface area contributed by atoms with Gasteiger partial charge in [-0.25, -0.2) is 0 Å². The summed E-state index contributed by atoms with van der Waals surface area (Å²) in [5, 5.41) is 6.57. The smallest absolute Gasteiger partial charge is 0.223 e. The molecule has 1 aliphatic rings. The number of nitrogen functional groups attached to an aromatic ring is 1. The van der Waals surface area contributed by atoms with Gasteiger partial charge in [0.2, 0.25) is 5.95 Å². The van der Waals surface area contributed by atoms with Gasteiger partial charge in [-0.3, -0.25) is 0 Å². The Hall–Kier alpha value is -1.52. The standard InChI is InChI=1S/C14H25N5/c1-3-16-12-8-13(19-14(15)18-12)17-9-11-6-4-5-10(2)7-11/h8,10-11H,3-7,9H2,1-2H3,(H4,15,16,17,18,19). The first kappa shape index (κ1) is 13.9. The molecule has 1 aliphatic carbocycles. The monoisotopic (exact) mass is 263 g/mol. The van der Waals surface area contributed by atoms with Crippen LogP contribution in [0.5, 0.6) is 0 Å². The summed E-state index contributed by atoms with van der Waals surface area (Å²) < 4.78 is 0. The van der Waals surface area contributed by atoms with E-state index in [1.165, 1.54) is 25.7 Å². The van der Waals surface area contributed by atoms with Crippen LogP contribution < -0.4 is 16.4 Å². The summed E-state index contributed by atoms with van der Waals surface area (Å²) >= 11 is 0. The lowest BCUT2D eigenvalue weighted by molar-refractivity contribution is 0.293. The summed E-state index contributed by atoms with van der Waals surface area (Å²) in [6, 6.07) is 1.92. The van der Waals surface area contributed by atoms with Crippen LogP contribution in [0.4, 0.5) is 17.6 Å². The highest BCUT2D eigenvalue weighted by atomic mass is 15.1. The highest BCUT2D eigenvalue weighted by molar-refractivity contribution is 5.50. The minimum absolute atomic E-state index is 0.318. The summed E-state index contributed by atoms with van der Waals surface area (Å²) in [5.74, 6) is 3.53. The molecule has 1 aromatic rings. The molecule has 2 unspecified atom stereocenters. The molecule has 0 bridgehead atoms. The van der Waals surface area contributed by atoms with E-state index in [4.69, 9.17) is 5.73 Å². The molecule has 1 heterocycles. The van der Waals surface area contributed by atoms with E-state index in [-0.39, 0.29) is 0 Å². The van der Waals surface area contributed by atoms with Crippen molar-refractivity contribution in [3.05, 3.63) is 6.07 Å². The first-order valence-electron chi connectivity index (χ1n) is 7.29. The van der Waals surface area contributed by atoms with Crippen molar-refractivity contribution in [3.63, 3.8) is 0 Å². The van der Waals surface area contributed by atoms with Crippen LogP contribution in [0, 0.1) is 11.8 Å². The summed E-state index contributed by atoms with van der Waals surface area (Å²) in [6.07, 6.45) is 5.36. The van der Waals surface area contributed by atoms with Crippen LogP contribution in [0.2, 0.25) is 0 Å². The molecule has 0 radical (unpaired) electrons. The number of nitrogens with two attached hydrogens (primary N) is 1. The molecule has 0 saturated heterocycles. The van der Waals surface area contributed by atoms with E-state index in [0.29, 0.717) is 5.95 Å². The summed E-state index contributed by atoms with van der Waals surface area (Å²) in [5.41, 5.74) is 5.72. The van der Waals surface area contributed by atoms with E-state index in [9.17, 15) is 0 Å². The molecule has 106 valence electrons. The maximum absolute atomic E-state index is 5.72. The molecular formula is C14H25N5. The van der Waals surface area contributed by atoms with E-state index < -0.39 is 0 Å². The van der Waals surface area contributed by atoms with Gasteiger partial charge in [-0.2, -0.15) is 9.97 Å². The normalized spacial score (nSPS) is 23.1. The zero-order valence-corrected chi connectivity index (χ0v) is 11.9. The number of aromatic nitrogens is 2. The zero-order chi connectivity index (χ0) is 13.7. The fraction of sp³-hybridized carbons (Fsp3) is 0.714. The third kappa shape index (κ3) is 4.26. The van der Waals surface area contributed by atoms with Crippen LogP contribution in [-0.4, -0.2) is 23.1 Å². The number of rotatable bonds is 5. The number of hydrogen-bond donors (Lipinski definition) is 3. The first-order valence-corrected chi connectivity index (χ1v) is 7.29. The molecule has 19 heavy (non-hydrogen) atoms. The van der Waals surface area contributed by atoms with Crippen molar-refractivity contribution >= 4 is 17.6 Å². The Bertz CT molecular complexity index is 407. The maximum atomic E-state index is 5.72. The molecule has 1 saturated carbocycles. The quantitative estimate of drug-likeness (QED) is 0.761. The van der Waals surface area contributed by atoms with Crippen molar-refractivity contribution in [1.82, 2.24) is 9.97 Å². The Morgan fingerprint density at radius 1 is 1.26 bits per heavy atom. The van der Waals surface area contributed by atoms with Crippen LogP contribution in [0.15, 0.2) is 6.07 Å². The van der Waals surface area contributed by atoms with Crippen LogP contribution in [0.3, 0.4) is 0 Å². The average Bonchev–Trinajstić information content (AvgIpc) is 2.36. The summed E-state index contributed by atoms with van der Waals surface area (Å²) in [4.78, 5) is 8.38. The van der Waals surface area contributed by atoms with Crippen molar-refractivity contribution in [2.24, 2.45) is 11.8 Å². The lowest BCUT2D eigenvalue weighted by Gasteiger charge is -2.27. The Morgan fingerprint density at radius 2 is 2.00 bits per heavy atom. The van der Waals surface area contributed by atoms with Gasteiger partial charge in [0.25, 0.3) is 0 Å². The van der Waals surface area contributed by atoms with Crippen molar-refractivity contribution in [3.8, 4) is 0 Å². The van der Waals surface area contributed by atoms with Crippen molar-refractivity contribution in [2.45, 2.75) is 39.5 Å². The van der Waals surface area contributed by atoms with Gasteiger partial charge in [-0.05, 0) is 31.6 Å². The topological polar surface area (TPSA) is 75.9 Å². The zero-order valence-electron chi connectivity index (χ0n) is 11.9. The van der Waals surface area contributed by atoms with E-state index in [1.807, 2.05) is 13.0 Å². The Morgan fingerprint density at radius 3 is 2.68 bits per heavy atom. The SMILES string of the molecule is CCNc1cc(NCC2CCCC(C)C2)nc(N)n1. The van der Waals surface area contributed by atoms with Gasteiger partial charge in [-0.1, -0.05) is 19.8 Å². The number of anilines is 3. The van der Waals surface area contributed by atoms with Gasteiger partial charge in [0.05, 0.1) is 0 Å². The predicted octanol–water partition coefficient (Wildman–Crippen LogP) is 2.73. The highest BCUT2D eigenvalue weighted by Gasteiger charge is 2.18. The number of nitrogens with zero attached hydrogens (tertiary/aromatic N) is 2. The molecule has 1 aromatic heterocycles. The lowest BCUT2D eigenvalue weighted by Crippen LogP contribution is -2.21. The molecule has 5 nitrogen and oxygen atoms in total. The molecule has 1 fully saturated rings. The maximum Gasteiger partial charge on any atom is 0.223 e. The van der Waals surface area contributed by atoms with E-state index in [0.717, 1.165) is 36.6 Å². The molecule has 0 aromatic carbocycles. The second-order valence-electron chi connectivity index (χ2n) is 5.55. The third-order valence-electron chi connectivity index (χ3n) is 3.72. The predicted molar refractivity (Wildman–Crippen MR) is 80.2 cm³/mol. The van der Waals surface area contributed by atoms with Crippen LogP contribution in [0.1, 0.15) is 39.5 Å². The molecule has 5 heteroatoms. The van der Waals surface area contributed by atoms with Crippen LogP contribution in [0.25, 0.3) is 0 Å². The fourth-order valence-corrected chi connectivity index (χ4v) is 2.82. The molecule has 0 spiro atoms. The molecule has 0 aliphatic heterocycles. The Labute approximate surface area is 115 Å². The third-order valence-corrected chi connectivity index (χ3v) is 3.72. The molecule has 4 N–H and O–H groups in total. The van der Waals surface area contributed by atoms with Crippen molar-refractivity contribution in [2.75, 3.05) is 29.5 Å². The van der Waals surface area contributed by atoms with Gasteiger partial charge in [-0.15, -0.1) is 0 Å². The van der Waals surface area contributed by atoms with Crippen molar-refractivity contribution in [1.29, 1.82) is 0 Å². The van der Waals surface area contributed by atoms with Gasteiger partial charge in [0.15, 0.2) is 0 Å². The number of nitrogens with one attached hydrogen (secondary N) is 2. The number of hydrogen-bond acceptors (Lipinski definition) is 5. The Kier molecular flexibility index (Phi) is 4.82. The molecule has 0 amide bonds. The van der Waals surface area contributed by atoms with E-state index >= 15 is 0 Å². The lowest BCUT2D eigenvalue weighted by atomic mass is 9.82. The molecular weight excluding hydrogens is 238 g/mol. The van der Waals surface area contributed by atoms with E-state index in [1.54, 1.807) is 0 Å². The highest BCUT2D eigenvalue weighted by Crippen LogP contribution is 2.28. The van der Waals surface area contributed by atoms with Gasteiger partial charge in [0, 0.05) is 19.2 Å². The summed E-state index contributed by atoms with van der Waals surface area (Å²) in [7, 11) is 0. The average molecular weight is 263 g/mol. The summed E-state index contributed by atoms with van der Waals surface area (Å²) in [6.45, 7) is 6.19. The minimum Gasteiger partial charge on any atom is -0.370 e. The molecule has 2 rings (SSSR count). The van der Waals surface area contributed by atoms with Crippen LogP contribution >= 0.6 is 0 Å². The molecule has 2 atom stereocenters. The van der Waals surface area contributed by atoms with Gasteiger partial charge < -0.3 is 16.4 Å². The Balaban J connectivity index is 1.91. The second-order valence-corrected chi connectivity index (χ2v) is 5.55. The second kappa shape index (κ2) is 6.59. The largest absolute Gasteiger partial charge is 0.370 e. The fourth-order valence-electron chi connectivity index (χ4n) is 2.82.